The smallest absolute Gasteiger partial charge is 0.0295 e. The Kier molecular flexibility index (Phi) is 2.18. The van der Waals surface area contributed by atoms with Crippen molar-refractivity contribution in [2.45, 2.75) is 58.8 Å². The highest BCUT2D eigenvalue weighted by atomic mass is 14.5. The van der Waals surface area contributed by atoms with Gasteiger partial charge >= 0.3 is 0 Å². The summed E-state index contributed by atoms with van der Waals surface area (Å²) in [5, 5.41) is 0. The van der Waals surface area contributed by atoms with E-state index in [2.05, 4.69) is 13.8 Å². The standard InChI is InChI=1S/C12H22/c1-3-10-6-4-8-12(2)9-5-7-11(10)12/h10-11H,3-9H2,1-2H3. The lowest BCUT2D eigenvalue weighted by molar-refractivity contribution is 0.0867. The van der Waals surface area contributed by atoms with Crippen LogP contribution in [0.25, 0.3) is 0 Å². The predicted octanol–water partition coefficient (Wildman–Crippen LogP) is 4.00. The monoisotopic (exact) mass is 166 g/mol. The molecular weight excluding hydrogens is 144 g/mol. The van der Waals surface area contributed by atoms with Crippen LogP contribution in [0, 0.1) is 17.3 Å². The van der Waals surface area contributed by atoms with Gasteiger partial charge in [0.1, 0.15) is 0 Å². The van der Waals surface area contributed by atoms with Crippen molar-refractivity contribution >= 4 is 0 Å². The molecule has 2 saturated carbocycles. The lowest BCUT2D eigenvalue weighted by Crippen LogP contribution is -2.32. The molecule has 0 heterocycles. The van der Waals surface area contributed by atoms with Crippen LogP contribution in [0.5, 0.6) is 0 Å². The molecule has 0 aromatic carbocycles. The van der Waals surface area contributed by atoms with Crippen LogP contribution in [-0.4, -0.2) is 0 Å². The second-order valence-electron chi connectivity index (χ2n) is 5.21. The van der Waals surface area contributed by atoms with Gasteiger partial charge in [0.2, 0.25) is 0 Å². The van der Waals surface area contributed by atoms with E-state index in [1.54, 1.807) is 0 Å². The van der Waals surface area contributed by atoms with E-state index in [1.807, 2.05) is 0 Å². The van der Waals surface area contributed by atoms with Gasteiger partial charge in [-0.05, 0) is 36.5 Å². The highest BCUT2D eigenvalue weighted by Crippen LogP contribution is 2.54. The number of fused-ring (bicyclic) bond motifs is 1. The molecule has 0 nitrogen and oxygen atoms in total. The second kappa shape index (κ2) is 3.05. The van der Waals surface area contributed by atoms with E-state index in [0.717, 1.165) is 17.3 Å². The minimum Gasteiger partial charge on any atom is -0.0651 e. The summed E-state index contributed by atoms with van der Waals surface area (Å²) in [5.41, 5.74) is 0.763. The van der Waals surface area contributed by atoms with Crippen molar-refractivity contribution in [1.82, 2.24) is 0 Å². The van der Waals surface area contributed by atoms with Crippen molar-refractivity contribution < 1.29 is 0 Å². The van der Waals surface area contributed by atoms with Crippen LogP contribution in [0.15, 0.2) is 0 Å². The molecule has 0 saturated heterocycles. The summed E-state index contributed by atoms with van der Waals surface area (Å²) >= 11 is 0. The first kappa shape index (κ1) is 8.59. The minimum atomic E-state index is 0.763. The first-order valence-electron chi connectivity index (χ1n) is 5.76. The highest BCUT2D eigenvalue weighted by Gasteiger charge is 2.44. The Balaban J connectivity index is 2.12. The van der Waals surface area contributed by atoms with Gasteiger partial charge in [-0.15, -0.1) is 0 Å². The van der Waals surface area contributed by atoms with Gasteiger partial charge in [0, 0.05) is 0 Å². The molecule has 0 radical (unpaired) electrons. The van der Waals surface area contributed by atoms with Crippen molar-refractivity contribution in [3.05, 3.63) is 0 Å². The first-order chi connectivity index (χ1) is 5.76. The van der Waals surface area contributed by atoms with Crippen LogP contribution in [-0.2, 0) is 0 Å². The van der Waals surface area contributed by atoms with E-state index in [-0.39, 0.29) is 0 Å². The molecule has 3 unspecified atom stereocenters. The zero-order valence-corrected chi connectivity index (χ0v) is 8.60. The topological polar surface area (TPSA) is 0 Å². The summed E-state index contributed by atoms with van der Waals surface area (Å²) in [6.07, 6.45) is 10.6. The molecule has 3 atom stereocenters. The van der Waals surface area contributed by atoms with Crippen LogP contribution in [0.1, 0.15) is 58.8 Å². The van der Waals surface area contributed by atoms with Crippen LogP contribution < -0.4 is 0 Å². The van der Waals surface area contributed by atoms with E-state index in [9.17, 15) is 0 Å². The number of hydrogen-bond donors (Lipinski definition) is 0. The Labute approximate surface area is 76.7 Å². The van der Waals surface area contributed by atoms with Crippen LogP contribution in [0.2, 0.25) is 0 Å². The van der Waals surface area contributed by atoms with Crippen LogP contribution >= 0.6 is 0 Å². The third-order valence-corrected chi connectivity index (χ3v) is 4.57. The molecule has 0 heteroatoms. The maximum Gasteiger partial charge on any atom is -0.0295 e. The fourth-order valence-electron chi connectivity index (χ4n) is 3.83. The fraction of sp³-hybridized carbons (Fsp3) is 1.00. The predicted molar refractivity (Wildman–Crippen MR) is 53.1 cm³/mol. The molecule has 0 amide bonds. The van der Waals surface area contributed by atoms with Crippen molar-refractivity contribution in [2.75, 3.05) is 0 Å². The Morgan fingerprint density at radius 2 is 1.83 bits per heavy atom. The summed E-state index contributed by atoms with van der Waals surface area (Å²) in [4.78, 5) is 0. The van der Waals surface area contributed by atoms with Gasteiger partial charge in [0.25, 0.3) is 0 Å². The SMILES string of the molecule is CCC1CCCC2(C)CCCC12. The third-order valence-electron chi connectivity index (χ3n) is 4.57. The summed E-state index contributed by atoms with van der Waals surface area (Å²) < 4.78 is 0. The van der Waals surface area contributed by atoms with Gasteiger partial charge in [-0.3, -0.25) is 0 Å². The fourth-order valence-corrected chi connectivity index (χ4v) is 3.83. The normalized spacial score (nSPS) is 47.5. The Morgan fingerprint density at radius 3 is 2.50 bits per heavy atom. The first-order valence-corrected chi connectivity index (χ1v) is 5.76. The molecule has 0 aromatic heterocycles. The molecule has 0 spiro atoms. The van der Waals surface area contributed by atoms with Crippen molar-refractivity contribution in [3.8, 4) is 0 Å². The second-order valence-corrected chi connectivity index (χ2v) is 5.21. The molecule has 2 aliphatic rings. The molecule has 12 heavy (non-hydrogen) atoms. The highest BCUT2D eigenvalue weighted by molar-refractivity contribution is 4.94. The van der Waals surface area contributed by atoms with Gasteiger partial charge < -0.3 is 0 Å². The van der Waals surface area contributed by atoms with E-state index < -0.39 is 0 Å². The molecule has 2 rings (SSSR count). The summed E-state index contributed by atoms with van der Waals surface area (Å²) in [6, 6.07) is 0. The largest absolute Gasteiger partial charge is 0.0651 e. The van der Waals surface area contributed by atoms with E-state index in [1.165, 1.54) is 44.9 Å². The molecule has 0 aromatic rings. The third kappa shape index (κ3) is 1.20. The molecular formula is C12H22. The van der Waals surface area contributed by atoms with Gasteiger partial charge in [0.15, 0.2) is 0 Å². The maximum absolute atomic E-state index is 2.55. The summed E-state index contributed by atoms with van der Waals surface area (Å²) in [7, 11) is 0. The molecule has 2 fully saturated rings. The Morgan fingerprint density at radius 1 is 1.17 bits per heavy atom. The molecule has 2 aliphatic carbocycles. The van der Waals surface area contributed by atoms with Crippen molar-refractivity contribution in [1.29, 1.82) is 0 Å². The Hall–Kier alpha value is 0. The van der Waals surface area contributed by atoms with Crippen molar-refractivity contribution in [2.24, 2.45) is 17.3 Å². The lowest BCUT2D eigenvalue weighted by Gasteiger charge is -2.41. The summed E-state index contributed by atoms with van der Waals surface area (Å²) in [5.74, 6) is 2.17. The summed E-state index contributed by atoms with van der Waals surface area (Å²) in [6.45, 7) is 4.93. The Bertz CT molecular complexity index is 161. The van der Waals surface area contributed by atoms with Gasteiger partial charge in [-0.2, -0.15) is 0 Å². The average molecular weight is 166 g/mol. The average Bonchev–Trinajstić information content (AvgIpc) is 2.45. The minimum absolute atomic E-state index is 0.763. The van der Waals surface area contributed by atoms with E-state index >= 15 is 0 Å². The zero-order chi connectivity index (χ0) is 8.60. The number of hydrogen-bond acceptors (Lipinski definition) is 0. The molecule has 0 bridgehead atoms. The van der Waals surface area contributed by atoms with Gasteiger partial charge in [-0.1, -0.05) is 39.5 Å². The van der Waals surface area contributed by atoms with E-state index in [0.29, 0.717) is 0 Å². The van der Waals surface area contributed by atoms with Crippen LogP contribution in [0.3, 0.4) is 0 Å². The molecule has 0 aliphatic heterocycles. The lowest BCUT2D eigenvalue weighted by atomic mass is 9.64. The van der Waals surface area contributed by atoms with Gasteiger partial charge in [-0.25, -0.2) is 0 Å². The van der Waals surface area contributed by atoms with Crippen molar-refractivity contribution in [3.63, 3.8) is 0 Å². The quantitative estimate of drug-likeness (QED) is 0.552. The zero-order valence-electron chi connectivity index (χ0n) is 8.60. The maximum atomic E-state index is 2.55. The molecule has 70 valence electrons. The molecule has 0 N–H and O–H groups in total. The van der Waals surface area contributed by atoms with E-state index in [4.69, 9.17) is 0 Å². The van der Waals surface area contributed by atoms with Crippen LogP contribution in [0.4, 0.5) is 0 Å². The number of rotatable bonds is 1. The van der Waals surface area contributed by atoms with Gasteiger partial charge in [0.05, 0.1) is 0 Å².